The summed E-state index contributed by atoms with van der Waals surface area (Å²) in [7, 11) is 3.34. The van der Waals surface area contributed by atoms with Crippen LogP contribution in [0.4, 0.5) is 5.69 Å². The molecule has 6 nitrogen and oxygen atoms in total. The molecule has 0 spiro atoms. The van der Waals surface area contributed by atoms with Gasteiger partial charge in [0, 0.05) is 20.3 Å². The van der Waals surface area contributed by atoms with E-state index in [-0.39, 0.29) is 5.56 Å². The summed E-state index contributed by atoms with van der Waals surface area (Å²) < 4.78 is 12.2. The maximum Gasteiger partial charge on any atom is 0.283 e. The lowest BCUT2D eigenvalue weighted by molar-refractivity contribution is 0.108. The van der Waals surface area contributed by atoms with Crippen LogP contribution < -0.4 is 10.9 Å². The first-order chi connectivity index (χ1) is 9.65. The van der Waals surface area contributed by atoms with E-state index in [1.54, 1.807) is 20.4 Å². The van der Waals surface area contributed by atoms with Crippen molar-refractivity contribution in [2.45, 2.75) is 38.0 Å². The van der Waals surface area contributed by atoms with Crippen molar-refractivity contribution >= 4 is 21.6 Å². The maximum absolute atomic E-state index is 12.1. The lowest BCUT2D eigenvalue weighted by atomic mass is 10.2. The molecule has 1 fully saturated rings. The first-order valence-corrected chi connectivity index (χ1v) is 7.49. The number of rotatable bonds is 6. The van der Waals surface area contributed by atoms with E-state index in [4.69, 9.17) is 9.47 Å². The van der Waals surface area contributed by atoms with Crippen molar-refractivity contribution in [2.75, 3.05) is 26.1 Å². The van der Waals surface area contributed by atoms with Crippen molar-refractivity contribution in [3.63, 3.8) is 0 Å². The molecule has 7 heteroatoms. The number of nitrogens with zero attached hydrogens (tertiary/aromatic N) is 2. The average Bonchev–Trinajstić information content (AvgIpc) is 2.91. The molecule has 1 aromatic heterocycles. The molecule has 20 heavy (non-hydrogen) atoms. The molecule has 1 aliphatic rings. The van der Waals surface area contributed by atoms with Gasteiger partial charge in [0.1, 0.15) is 4.47 Å². The fraction of sp³-hybridized carbons (Fsp3) is 0.692. The van der Waals surface area contributed by atoms with Crippen LogP contribution in [-0.4, -0.2) is 42.8 Å². The first-order valence-electron chi connectivity index (χ1n) is 6.69. The number of ether oxygens (including phenoxy) is 2. The Morgan fingerprint density at radius 1 is 1.50 bits per heavy atom. The highest BCUT2D eigenvalue weighted by molar-refractivity contribution is 9.10. The van der Waals surface area contributed by atoms with Gasteiger partial charge in [-0.15, -0.1) is 0 Å². The summed E-state index contributed by atoms with van der Waals surface area (Å²) >= 11 is 3.35. The van der Waals surface area contributed by atoms with Crippen molar-refractivity contribution in [3.05, 3.63) is 21.0 Å². The van der Waals surface area contributed by atoms with Crippen LogP contribution in [0.5, 0.6) is 0 Å². The highest BCUT2D eigenvalue weighted by Gasteiger charge is 2.25. The molecule has 0 amide bonds. The summed E-state index contributed by atoms with van der Waals surface area (Å²) in [6, 6.07) is 0.326. The molecule has 2 rings (SSSR count). The smallest absolute Gasteiger partial charge is 0.283 e. The molecule has 1 heterocycles. The topological polar surface area (TPSA) is 65.4 Å². The number of methoxy groups -OCH3 is 2. The molecule has 0 radical (unpaired) electrons. The third kappa shape index (κ3) is 3.59. The predicted molar refractivity (Wildman–Crippen MR) is 80.1 cm³/mol. The number of hydrogen-bond donors (Lipinski definition) is 1. The summed E-state index contributed by atoms with van der Waals surface area (Å²) in [4.78, 5) is 12.1. The van der Waals surface area contributed by atoms with Crippen LogP contribution in [0.2, 0.25) is 0 Å². The Morgan fingerprint density at radius 2 is 2.30 bits per heavy atom. The fourth-order valence-electron chi connectivity index (χ4n) is 2.41. The van der Waals surface area contributed by atoms with Crippen molar-refractivity contribution < 1.29 is 9.47 Å². The number of anilines is 1. The predicted octanol–water partition coefficient (Wildman–Crippen LogP) is 1.63. The number of halogens is 1. The van der Waals surface area contributed by atoms with Gasteiger partial charge in [-0.2, -0.15) is 5.10 Å². The fourth-order valence-corrected chi connectivity index (χ4v) is 2.83. The summed E-state index contributed by atoms with van der Waals surface area (Å²) in [6.07, 6.45) is 5.03. The van der Waals surface area contributed by atoms with Gasteiger partial charge in [0.25, 0.3) is 5.56 Å². The highest BCUT2D eigenvalue weighted by Crippen LogP contribution is 2.26. The van der Waals surface area contributed by atoms with E-state index < -0.39 is 0 Å². The van der Waals surface area contributed by atoms with Gasteiger partial charge in [0.2, 0.25) is 0 Å². The van der Waals surface area contributed by atoms with Gasteiger partial charge in [-0.3, -0.25) is 4.79 Å². The van der Waals surface area contributed by atoms with Gasteiger partial charge < -0.3 is 14.8 Å². The van der Waals surface area contributed by atoms with E-state index in [0.717, 1.165) is 24.9 Å². The third-order valence-corrected chi connectivity index (χ3v) is 4.34. The molecular formula is C13H20BrN3O3. The Bertz CT molecular complexity index is 506. The van der Waals surface area contributed by atoms with Crippen LogP contribution >= 0.6 is 15.9 Å². The van der Waals surface area contributed by atoms with Gasteiger partial charge in [-0.1, -0.05) is 0 Å². The zero-order valence-electron chi connectivity index (χ0n) is 11.8. The van der Waals surface area contributed by atoms with E-state index in [0.29, 0.717) is 29.8 Å². The first kappa shape index (κ1) is 15.5. The molecule has 0 aliphatic heterocycles. The molecule has 0 saturated heterocycles. The molecule has 2 atom stereocenters. The van der Waals surface area contributed by atoms with Crippen LogP contribution in [0, 0.1) is 0 Å². The Morgan fingerprint density at radius 3 is 2.95 bits per heavy atom. The summed E-state index contributed by atoms with van der Waals surface area (Å²) in [5.74, 6) is 0. The second-order valence-corrected chi connectivity index (χ2v) is 5.70. The number of aromatic nitrogens is 2. The van der Waals surface area contributed by atoms with Crippen LogP contribution in [0.3, 0.4) is 0 Å². The standard InChI is InChI=1S/C13H20BrN3O3/c1-19-6-5-17-13(18)12(14)11(8-15-17)16-9-3-4-10(7-9)20-2/h8-10,16H,3-7H2,1-2H3. The van der Waals surface area contributed by atoms with E-state index in [9.17, 15) is 4.79 Å². The summed E-state index contributed by atoms with van der Waals surface area (Å²) in [6.45, 7) is 0.910. The van der Waals surface area contributed by atoms with E-state index >= 15 is 0 Å². The van der Waals surface area contributed by atoms with Crippen LogP contribution in [0.1, 0.15) is 19.3 Å². The maximum atomic E-state index is 12.1. The minimum atomic E-state index is -0.145. The van der Waals surface area contributed by atoms with Gasteiger partial charge >= 0.3 is 0 Å². The van der Waals surface area contributed by atoms with Gasteiger partial charge in [0.05, 0.1) is 31.1 Å². The SMILES string of the molecule is COCCn1ncc(NC2CCC(OC)C2)c(Br)c1=O. The third-order valence-electron chi connectivity index (χ3n) is 3.57. The average molecular weight is 346 g/mol. The Hall–Kier alpha value is -0.920. The number of hydrogen-bond acceptors (Lipinski definition) is 5. The molecule has 1 saturated carbocycles. The highest BCUT2D eigenvalue weighted by atomic mass is 79.9. The second kappa shape index (κ2) is 7.19. The monoisotopic (exact) mass is 345 g/mol. The zero-order valence-corrected chi connectivity index (χ0v) is 13.4. The number of nitrogens with one attached hydrogen (secondary N) is 1. The van der Waals surface area contributed by atoms with Gasteiger partial charge in [-0.05, 0) is 35.2 Å². The Kier molecular flexibility index (Phi) is 5.56. The van der Waals surface area contributed by atoms with Crippen molar-refractivity contribution in [2.24, 2.45) is 0 Å². The second-order valence-electron chi connectivity index (χ2n) is 4.91. The van der Waals surface area contributed by atoms with Crippen LogP contribution in [0.15, 0.2) is 15.5 Å². The van der Waals surface area contributed by atoms with Crippen molar-refractivity contribution in [1.82, 2.24) is 9.78 Å². The molecule has 112 valence electrons. The Labute approximate surface area is 126 Å². The lowest BCUT2D eigenvalue weighted by Crippen LogP contribution is -2.27. The van der Waals surface area contributed by atoms with E-state index in [1.807, 2.05) is 0 Å². The quantitative estimate of drug-likeness (QED) is 0.848. The largest absolute Gasteiger partial charge is 0.383 e. The molecule has 1 aromatic rings. The normalized spacial score (nSPS) is 22.1. The van der Waals surface area contributed by atoms with E-state index in [2.05, 4.69) is 26.3 Å². The molecule has 2 unspecified atom stereocenters. The molecule has 1 N–H and O–H groups in total. The molecule has 0 aromatic carbocycles. The van der Waals surface area contributed by atoms with Gasteiger partial charge in [0.15, 0.2) is 0 Å². The summed E-state index contributed by atoms with van der Waals surface area (Å²) in [5.41, 5.74) is 0.596. The minimum absolute atomic E-state index is 0.145. The lowest BCUT2D eigenvalue weighted by Gasteiger charge is -2.16. The molecule has 0 bridgehead atoms. The Balaban J connectivity index is 2.06. The van der Waals surface area contributed by atoms with Crippen LogP contribution in [-0.2, 0) is 16.0 Å². The minimum Gasteiger partial charge on any atom is -0.383 e. The van der Waals surface area contributed by atoms with Gasteiger partial charge in [-0.25, -0.2) is 4.68 Å². The molecular weight excluding hydrogens is 326 g/mol. The van der Waals surface area contributed by atoms with Crippen LogP contribution in [0.25, 0.3) is 0 Å². The van der Waals surface area contributed by atoms with E-state index in [1.165, 1.54) is 4.68 Å². The zero-order chi connectivity index (χ0) is 14.5. The van der Waals surface area contributed by atoms with Crippen molar-refractivity contribution in [1.29, 1.82) is 0 Å². The summed E-state index contributed by atoms with van der Waals surface area (Å²) in [5, 5.41) is 7.52. The van der Waals surface area contributed by atoms with Crippen molar-refractivity contribution in [3.8, 4) is 0 Å². The molecule has 1 aliphatic carbocycles.